The van der Waals surface area contributed by atoms with E-state index in [4.69, 9.17) is 4.74 Å². The van der Waals surface area contributed by atoms with Gasteiger partial charge in [-0.1, -0.05) is 25.5 Å². The number of methoxy groups -OCH3 is 1. The van der Waals surface area contributed by atoms with Crippen molar-refractivity contribution in [3.8, 4) is 5.75 Å². The average Bonchev–Trinajstić information content (AvgIpc) is 2.64. The second kappa shape index (κ2) is 9.01. The van der Waals surface area contributed by atoms with Gasteiger partial charge >= 0.3 is 0 Å². The number of anilines is 1. The normalized spacial score (nSPS) is 10.4. The number of hydrogen-bond donors (Lipinski definition) is 1. The Labute approximate surface area is 149 Å². The first-order valence-electron chi connectivity index (χ1n) is 8.51. The minimum Gasteiger partial charge on any atom is -0.497 e. The van der Waals surface area contributed by atoms with E-state index in [1.807, 2.05) is 43.1 Å². The molecule has 0 fully saturated rings. The Morgan fingerprint density at radius 3 is 2.60 bits per heavy atom. The zero-order valence-corrected chi connectivity index (χ0v) is 15.4. The fourth-order valence-electron chi connectivity index (χ4n) is 2.35. The summed E-state index contributed by atoms with van der Waals surface area (Å²) in [7, 11) is 3.58. The van der Waals surface area contributed by atoms with E-state index in [0.29, 0.717) is 18.2 Å². The second-order valence-corrected chi connectivity index (χ2v) is 6.00. The summed E-state index contributed by atoms with van der Waals surface area (Å²) in [6.07, 6.45) is 2.16. The fourth-order valence-corrected chi connectivity index (χ4v) is 2.35. The Bertz CT molecular complexity index is 701. The SMILES string of the molecule is CCCCN(C)c1nc(C)cc(C(=O)NCc2ccc(OC)cc2)n1. The summed E-state index contributed by atoms with van der Waals surface area (Å²) in [5, 5.41) is 2.90. The summed E-state index contributed by atoms with van der Waals surface area (Å²) < 4.78 is 5.13. The van der Waals surface area contributed by atoms with Gasteiger partial charge in [-0.2, -0.15) is 0 Å². The number of benzene rings is 1. The number of nitrogens with one attached hydrogen (secondary N) is 1. The Morgan fingerprint density at radius 1 is 1.24 bits per heavy atom. The lowest BCUT2D eigenvalue weighted by Crippen LogP contribution is -2.26. The molecule has 134 valence electrons. The first kappa shape index (κ1) is 18.7. The molecule has 0 saturated carbocycles. The zero-order valence-electron chi connectivity index (χ0n) is 15.4. The number of hydrogen-bond acceptors (Lipinski definition) is 5. The summed E-state index contributed by atoms with van der Waals surface area (Å²) in [6.45, 7) is 5.32. The average molecular weight is 342 g/mol. The number of carbonyl (C=O) groups excluding carboxylic acids is 1. The minimum absolute atomic E-state index is 0.202. The van der Waals surface area contributed by atoms with Crippen LogP contribution in [0, 0.1) is 6.92 Å². The lowest BCUT2D eigenvalue weighted by molar-refractivity contribution is 0.0945. The lowest BCUT2D eigenvalue weighted by Gasteiger charge is -2.17. The van der Waals surface area contributed by atoms with Crippen molar-refractivity contribution >= 4 is 11.9 Å². The van der Waals surface area contributed by atoms with E-state index >= 15 is 0 Å². The van der Waals surface area contributed by atoms with Crippen molar-refractivity contribution in [3.63, 3.8) is 0 Å². The quantitative estimate of drug-likeness (QED) is 0.799. The molecule has 1 aromatic heterocycles. The zero-order chi connectivity index (χ0) is 18.2. The topological polar surface area (TPSA) is 67.4 Å². The molecule has 6 nitrogen and oxygen atoms in total. The first-order chi connectivity index (χ1) is 12.0. The van der Waals surface area contributed by atoms with E-state index in [9.17, 15) is 4.79 Å². The molecule has 0 spiro atoms. The molecular weight excluding hydrogens is 316 g/mol. The Hall–Kier alpha value is -2.63. The van der Waals surface area contributed by atoms with Crippen LogP contribution in [-0.4, -0.2) is 36.6 Å². The highest BCUT2D eigenvalue weighted by atomic mass is 16.5. The lowest BCUT2D eigenvalue weighted by atomic mass is 10.2. The van der Waals surface area contributed by atoms with Crippen LogP contribution in [-0.2, 0) is 6.54 Å². The first-order valence-corrected chi connectivity index (χ1v) is 8.51. The highest BCUT2D eigenvalue weighted by Crippen LogP contribution is 2.12. The molecule has 0 atom stereocenters. The monoisotopic (exact) mass is 342 g/mol. The molecule has 0 saturated heterocycles. The van der Waals surface area contributed by atoms with Crippen molar-refractivity contribution < 1.29 is 9.53 Å². The van der Waals surface area contributed by atoms with Crippen molar-refractivity contribution in [3.05, 3.63) is 47.3 Å². The molecule has 2 aromatic rings. The molecule has 1 N–H and O–H groups in total. The number of ether oxygens (including phenoxy) is 1. The third-order valence-electron chi connectivity index (χ3n) is 3.88. The summed E-state index contributed by atoms with van der Waals surface area (Å²) in [4.78, 5) is 23.3. The van der Waals surface area contributed by atoms with E-state index in [2.05, 4.69) is 22.2 Å². The molecule has 0 unspecified atom stereocenters. The number of nitrogens with zero attached hydrogens (tertiary/aromatic N) is 3. The van der Waals surface area contributed by atoms with Crippen molar-refractivity contribution in [2.45, 2.75) is 33.2 Å². The molecule has 6 heteroatoms. The maximum absolute atomic E-state index is 12.4. The molecule has 2 rings (SSSR count). The van der Waals surface area contributed by atoms with E-state index in [1.54, 1.807) is 13.2 Å². The predicted molar refractivity (Wildman–Crippen MR) is 99.1 cm³/mol. The van der Waals surface area contributed by atoms with Crippen LogP contribution in [0.3, 0.4) is 0 Å². The third kappa shape index (κ3) is 5.45. The van der Waals surface area contributed by atoms with Gasteiger partial charge in [-0.05, 0) is 37.1 Å². The summed E-state index contributed by atoms with van der Waals surface area (Å²) >= 11 is 0. The molecule has 25 heavy (non-hydrogen) atoms. The van der Waals surface area contributed by atoms with Crippen LogP contribution in [0.15, 0.2) is 30.3 Å². The molecule has 0 aliphatic heterocycles. The van der Waals surface area contributed by atoms with E-state index in [0.717, 1.165) is 36.4 Å². The maximum atomic E-state index is 12.4. The van der Waals surface area contributed by atoms with Crippen molar-refractivity contribution in [2.75, 3.05) is 25.6 Å². The van der Waals surface area contributed by atoms with Crippen molar-refractivity contribution in [2.24, 2.45) is 0 Å². The standard InChI is InChI=1S/C19H26N4O2/c1-5-6-11-23(3)19-21-14(2)12-17(22-19)18(24)20-13-15-7-9-16(25-4)10-8-15/h7-10,12H,5-6,11,13H2,1-4H3,(H,20,24). The van der Waals surface area contributed by atoms with Gasteiger partial charge in [0.15, 0.2) is 0 Å². The Kier molecular flexibility index (Phi) is 6.74. The van der Waals surface area contributed by atoms with Gasteiger partial charge < -0.3 is 15.0 Å². The molecular formula is C19H26N4O2. The van der Waals surface area contributed by atoms with Gasteiger partial charge in [-0.15, -0.1) is 0 Å². The molecule has 0 aliphatic rings. The molecule has 1 heterocycles. The van der Waals surface area contributed by atoms with Crippen LogP contribution in [0.1, 0.15) is 41.5 Å². The van der Waals surface area contributed by atoms with Gasteiger partial charge in [0.2, 0.25) is 5.95 Å². The summed E-state index contributed by atoms with van der Waals surface area (Å²) in [5.74, 6) is 1.18. The van der Waals surface area contributed by atoms with E-state index in [1.165, 1.54) is 0 Å². The molecule has 0 aliphatic carbocycles. The molecule has 1 amide bonds. The molecule has 0 radical (unpaired) electrons. The summed E-state index contributed by atoms with van der Waals surface area (Å²) in [5.41, 5.74) is 2.17. The van der Waals surface area contributed by atoms with E-state index < -0.39 is 0 Å². The van der Waals surface area contributed by atoms with Crippen LogP contribution in [0.5, 0.6) is 5.75 Å². The Morgan fingerprint density at radius 2 is 1.96 bits per heavy atom. The van der Waals surface area contributed by atoms with Gasteiger partial charge in [0.25, 0.3) is 5.91 Å². The number of aryl methyl sites for hydroxylation is 1. The van der Waals surface area contributed by atoms with Gasteiger partial charge in [-0.3, -0.25) is 4.79 Å². The number of aromatic nitrogens is 2. The maximum Gasteiger partial charge on any atom is 0.270 e. The van der Waals surface area contributed by atoms with Crippen molar-refractivity contribution in [1.29, 1.82) is 0 Å². The number of unbranched alkanes of at least 4 members (excludes halogenated alkanes) is 1. The van der Waals surface area contributed by atoms with Gasteiger partial charge in [-0.25, -0.2) is 9.97 Å². The number of carbonyl (C=O) groups is 1. The summed E-state index contributed by atoms with van der Waals surface area (Å²) in [6, 6.07) is 9.30. The second-order valence-electron chi connectivity index (χ2n) is 6.00. The molecule has 0 bridgehead atoms. The van der Waals surface area contributed by atoms with Crippen LogP contribution >= 0.6 is 0 Å². The van der Waals surface area contributed by atoms with Gasteiger partial charge in [0.1, 0.15) is 11.4 Å². The molecule has 1 aromatic carbocycles. The smallest absolute Gasteiger partial charge is 0.270 e. The predicted octanol–water partition coefficient (Wildman–Crippen LogP) is 2.96. The highest BCUT2D eigenvalue weighted by Gasteiger charge is 2.12. The number of rotatable bonds is 8. The highest BCUT2D eigenvalue weighted by molar-refractivity contribution is 5.92. The largest absolute Gasteiger partial charge is 0.497 e. The fraction of sp³-hybridized carbons (Fsp3) is 0.421. The number of amides is 1. The van der Waals surface area contributed by atoms with Crippen molar-refractivity contribution in [1.82, 2.24) is 15.3 Å². The van der Waals surface area contributed by atoms with Crippen LogP contribution in [0.4, 0.5) is 5.95 Å². The minimum atomic E-state index is -0.202. The van der Waals surface area contributed by atoms with Crippen LogP contribution in [0.25, 0.3) is 0 Å². The Balaban J connectivity index is 2.03. The van der Waals surface area contributed by atoms with Crippen LogP contribution in [0.2, 0.25) is 0 Å². The van der Waals surface area contributed by atoms with Crippen LogP contribution < -0.4 is 15.0 Å². The third-order valence-corrected chi connectivity index (χ3v) is 3.88. The van der Waals surface area contributed by atoms with Gasteiger partial charge in [0, 0.05) is 25.8 Å². The van der Waals surface area contributed by atoms with Gasteiger partial charge in [0.05, 0.1) is 7.11 Å². The van der Waals surface area contributed by atoms with E-state index in [-0.39, 0.29) is 5.91 Å².